The van der Waals surface area contributed by atoms with Crippen LogP contribution in [0.1, 0.15) is 65.2 Å². The number of hydrogen-bond donors (Lipinski definition) is 1. The Morgan fingerprint density at radius 1 is 0.958 bits per heavy atom. The highest BCUT2D eigenvalue weighted by Gasteiger charge is 2.46. The number of carbonyl (C=O) groups excluding carboxylic acids is 2. The highest BCUT2D eigenvalue weighted by molar-refractivity contribution is 5.96. The average Bonchev–Trinajstić information content (AvgIpc) is 2.44. The third kappa shape index (κ3) is 4.83. The predicted octanol–water partition coefficient (Wildman–Crippen LogP) is 4.90. The van der Waals surface area contributed by atoms with Crippen LogP contribution < -0.4 is 5.32 Å². The summed E-state index contributed by atoms with van der Waals surface area (Å²) < 4.78 is 4.68. The Balaban J connectivity index is 3.03. The standard InChI is InChI=1S/C20H31NO3/c1-18(2,3)13-20(7,19(4,5)6)17(23)21-15-11-9-14(10-12-15)16(22)24-8/h9-12H,13H2,1-8H3,(H,21,23). The second-order valence-corrected chi connectivity index (χ2v) is 8.84. The van der Waals surface area contributed by atoms with Crippen LogP contribution >= 0.6 is 0 Å². The molecule has 0 heterocycles. The van der Waals surface area contributed by atoms with Gasteiger partial charge in [-0.1, -0.05) is 48.5 Å². The van der Waals surface area contributed by atoms with E-state index in [1.165, 1.54) is 7.11 Å². The lowest BCUT2D eigenvalue weighted by Gasteiger charge is -2.44. The summed E-state index contributed by atoms with van der Waals surface area (Å²) in [6.45, 7) is 14.8. The zero-order valence-corrected chi connectivity index (χ0v) is 16.2. The van der Waals surface area contributed by atoms with Crippen LogP contribution in [0.15, 0.2) is 24.3 Å². The molecular weight excluding hydrogens is 302 g/mol. The monoisotopic (exact) mass is 333 g/mol. The van der Waals surface area contributed by atoms with Crippen LogP contribution in [0, 0.1) is 16.2 Å². The lowest BCUT2D eigenvalue weighted by Crippen LogP contribution is -2.46. The van der Waals surface area contributed by atoms with Crippen LogP contribution in [0.4, 0.5) is 5.69 Å². The molecule has 0 aliphatic heterocycles. The van der Waals surface area contributed by atoms with E-state index in [0.29, 0.717) is 11.3 Å². The Hall–Kier alpha value is -1.84. The summed E-state index contributed by atoms with van der Waals surface area (Å²) in [5.41, 5.74) is 0.470. The van der Waals surface area contributed by atoms with Gasteiger partial charge in [-0.05, 0) is 41.5 Å². The van der Waals surface area contributed by atoms with Crippen molar-refractivity contribution < 1.29 is 14.3 Å². The molecule has 1 rings (SSSR count). The summed E-state index contributed by atoms with van der Waals surface area (Å²) in [5.74, 6) is -0.393. The maximum Gasteiger partial charge on any atom is 0.337 e. The molecule has 1 aromatic rings. The number of carbonyl (C=O) groups is 2. The van der Waals surface area contributed by atoms with E-state index in [-0.39, 0.29) is 22.7 Å². The van der Waals surface area contributed by atoms with E-state index < -0.39 is 5.41 Å². The molecule has 24 heavy (non-hydrogen) atoms. The van der Waals surface area contributed by atoms with Gasteiger partial charge in [0.1, 0.15) is 0 Å². The number of esters is 1. The second kappa shape index (κ2) is 6.96. The minimum atomic E-state index is -0.522. The Morgan fingerprint density at radius 3 is 1.83 bits per heavy atom. The molecule has 0 radical (unpaired) electrons. The molecule has 1 aromatic carbocycles. The van der Waals surface area contributed by atoms with Crippen molar-refractivity contribution in [2.45, 2.75) is 54.9 Å². The quantitative estimate of drug-likeness (QED) is 0.797. The largest absolute Gasteiger partial charge is 0.465 e. The number of amides is 1. The van der Waals surface area contributed by atoms with Crippen molar-refractivity contribution in [2.24, 2.45) is 16.2 Å². The molecule has 4 heteroatoms. The summed E-state index contributed by atoms with van der Waals surface area (Å²) >= 11 is 0. The van der Waals surface area contributed by atoms with E-state index in [0.717, 1.165) is 6.42 Å². The molecule has 4 nitrogen and oxygen atoms in total. The summed E-state index contributed by atoms with van der Waals surface area (Å²) in [6.07, 6.45) is 0.773. The molecule has 0 bridgehead atoms. The zero-order valence-electron chi connectivity index (χ0n) is 16.2. The van der Waals surface area contributed by atoms with Crippen LogP contribution in [0.25, 0.3) is 0 Å². The Morgan fingerprint density at radius 2 is 1.46 bits per heavy atom. The van der Waals surface area contributed by atoms with E-state index in [4.69, 9.17) is 0 Å². The Labute approximate surface area is 146 Å². The molecule has 1 unspecified atom stereocenters. The van der Waals surface area contributed by atoms with E-state index in [1.54, 1.807) is 24.3 Å². The van der Waals surface area contributed by atoms with Crippen molar-refractivity contribution in [3.05, 3.63) is 29.8 Å². The Bertz CT molecular complexity index is 591. The number of ether oxygens (including phenoxy) is 1. The Kier molecular flexibility index (Phi) is 5.86. The summed E-state index contributed by atoms with van der Waals surface area (Å²) in [7, 11) is 1.35. The third-order valence-electron chi connectivity index (χ3n) is 4.60. The molecule has 0 aromatic heterocycles. The van der Waals surface area contributed by atoms with Gasteiger partial charge in [0.05, 0.1) is 18.1 Å². The molecule has 0 saturated carbocycles. The van der Waals surface area contributed by atoms with E-state index in [1.807, 2.05) is 6.92 Å². The number of nitrogens with one attached hydrogen (secondary N) is 1. The smallest absolute Gasteiger partial charge is 0.337 e. The summed E-state index contributed by atoms with van der Waals surface area (Å²) in [4.78, 5) is 24.5. The molecular formula is C20H31NO3. The van der Waals surface area contributed by atoms with Crippen molar-refractivity contribution in [1.82, 2.24) is 0 Å². The minimum absolute atomic E-state index is 0.00394. The highest BCUT2D eigenvalue weighted by Crippen LogP contribution is 2.47. The maximum absolute atomic E-state index is 13.0. The van der Waals surface area contributed by atoms with Crippen molar-refractivity contribution in [3.8, 4) is 0 Å². The molecule has 1 N–H and O–H groups in total. The van der Waals surface area contributed by atoms with Gasteiger partial charge in [-0.2, -0.15) is 0 Å². The van der Waals surface area contributed by atoms with E-state index in [2.05, 4.69) is 51.6 Å². The maximum atomic E-state index is 13.0. The fourth-order valence-electron chi connectivity index (χ4n) is 2.82. The van der Waals surface area contributed by atoms with Crippen LogP contribution in [-0.4, -0.2) is 19.0 Å². The number of benzene rings is 1. The molecule has 0 spiro atoms. The van der Waals surface area contributed by atoms with Gasteiger partial charge in [-0.15, -0.1) is 0 Å². The van der Waals surface area contributed by atoms with E-state index in [9.17, 15) is 9.59 Å². The molecule has 0 aliphatic carbocycles. The number of rotatable bonds is 4. The van der Waals surface area contributed by atoms with Crippen molar-refractivity contribution in [2.75, 3.05) is 12.4 Å². The van der Waals surface area contributed by atoms with Gasteiger partial charge in [0.2, 0.25) is 5.91 Å². The van der Waals surface area contributed by atoms with Crippen LogP contribution in [0.2, 0.25) is 0 Å². The van der Waals surface area contributed by atoms with Gasteiger partial charge < -0.3 is 10.1 Å². The lowest BCUT2D eigenvalue weighted by molar-refractivity contribution is -0.133. The van der Waals surface area contributed by atoms with Crippen molar-refractivity contribution in [1.29, 1.82) is 0 Å². The summed E-state index contributed by atoms with van der Waals surface area (Å²) in [5, 5.41) is 3.00. The second-order valence-electron chi connectivity index (χ2n) is 8.84. The normalized spacial score (nSPS) is 14.7. The SMILES string of the molecule is COC(=O)c1ccc(NC(=O)C(C)(CC(C)(C)C)C(C)(C)C)cc1. The topological polar surface area (TPSA) is 55.4 Å². The fraction of sp³-hybridized carbons (Fsp3) is 0.600. The molecule has 1 amide bonds. The van der Waals surface area contributed by atoms with Gasteiger partial charge >= 0.3 is 5.97 Å². The van der Waals surface area contributed by atoms with Gasteiger partial charge in [0.15, 0.2) is 0 Å². The molecule has 134 valence electrons. The number of hydrogen-bond acceptors (Lipinski definition) is 3. The number of anilines is 1. The first-order chi connectivity index (χ1) is 10.8. The average molecular weight is 333 g/mol. The molecule has 0 aliphatic rings. The zero-order chi connectivity index (χ0) is 18.8. The van der Waals surface area contributed by atoms with Crippen LogP contribution in [0.5, 0.6) is 0 Å². The summed E-state index contributed by atoms with van der Waals surface area (Å²) in [6, 6.07) is 6.76. The highest BCUT2D eigenvalue weighted by atomic mass is 16.5. The lowest BCUT2D eigenvalue weighted by atomic mass is 9.61. The molecule has 1 atom stereocenters. The third-order valence-corrected chi connectivity index (χ3v) is 4.60. The van der Waals surface area contributed by atoms with Crippen LogP contribution in [-0.2, 0) is 9.53 Å². The van der Waals surface area contributed by atoms with Gasteiger partial charge in [-0.3, -0.25) is 4.79 Å². The van der Waals surface area contributed by atoms with E-state index >= 15 is 0 Å². The fourth-order valence-corrected chi connectivity index (χ4v) is 2.82. The first-order valence-electron chi connectivity index (χ1n) is 8.30. The first-order valence-corrected chi connectivity index (χ1v) is 8.30. The van der Waals surface area contributed by atoms with Crippen LogP contribution in [0.3, 0.4) is 0 Å². The van der Waals surface area contributed by atoms with Gasteiger partial charge in [0, 0.05) is 5.69 Å². The number of methoxy groups -OCH3 is 1. The van der Waals surface area contributed by atoms with Gasteiger partial charge in [-0.25, -0.2) is 4.79 Å². The van der Waals surface area contributed by atoms with Crippen molar-refractivity contribution >= 4 is 17.6 Å². The van der Waals surface area contributed by atoms with Crippen molar-refractivity contribution in [3.63, 3.8) is 0 Å². The molecule has 0 saturated heterocycles. The van der Waals surface area contributed by atoms with Gasteiger partial charge in [0.25, 0.3) is 0 Å². The predicted molar refractivity (Wildman–Crippen MR) is 98.0 cm³/mol. The first kappa shape index (κ1) is 20.2. The molecule has 0 fully saturated rings. The minimum Gasteiger partial charge on any atom is -0.465 e.